The third-order valence-electron chi connectivity index (χ3n) is 3.00. The minimum Gasteiger partial charge on any atom is -0.460 e. The summed E-state index contributed by atoms with van der Waals surface area (Å²) in [5, 5.41) is 9.81. The highest BCUT2D eigenvalue weighted by atomic mass is 16.8. The molecule has 20 heavy (non-hydrogen) atoms. The molecule has 0 aromatic rings. The van der Waals surface area contributed by atoms with E-state index in [1.165, 1.54) is 0 Å². The number of carbonyl (C=O) groups is 2. The van der Waals surface area contributed by atoms with Gasteiger partial charge in [0.2, 0.25) is 5.78 Å². The van der Waals surface area contributed by atoms with Gasteiger partial charge in [-0.15, -0.1) is 0 Å². The number of nitrogens with two attached hydrogens (primary N) is 1. The molecule has 1 saturated heterocycles. The standard InChI is InChI=1S/C13H23NO6/c1-4-18-12(17)8(15)5-6-10-11(9(16)7-14)20-13(2,3)19-10/h9-11,16H,4-7,14H2,1-3H3/t9-,10?,11-/m1/s1. The van der Waals surface area contributed by atoms with Crippen LogP contribution in [0.4, 0.5) is 0 Å². The fraction of sp³-hybridized carbons (Fsp3) is 0.846. The molecule has 1 fully saturated rings. The summed E-state index contributed by atoms with van der Waals surface area (Å²) in [6.07, 6.45) is -1.72. The molecule has 0 amide bonds. The highest BCUT2D eigenvalue weighted by Crippen LogP contribution is 2.32. The number of hydrogen-bond acceptors (Lipinski definition) is 7. The SMILES string of the molecule is CCOC(=O)C(=O)CCC1OC(C)(C)O[C@@H]1[C@H](O)CN. The molecule has 7 heteroatoms. The highest BCUT2D eigenvalue weighted by Gasteiger charge is 2.44. The van der Waals surface area contributed by atoms with Gasteiger partial charge in [-0.2, -0.15) is 0 Å². The largest absolute Gasteiger partial charge is 0.460 e. The summed E-state index contributed by atoms with van der Waals surface area (Å²) in [6.45, 7) is 5.27. The molecular formula is C13H23NO6. The van der Waals surface area contributed by atoms with Gasteiger partial charge in [0.1, 0.15) is 6.10 Å². The molecular weight excluding hydrogens is 266 g/mol. The molecule has 0 aromatic carbocycles. The molecule has 0 bridgehead atoms. The number of rotatable bonds is 7. The fourth-order valence-electron chi connectivity index (χ4n) is 2.13. The number of Topliss-reactive ketones (excluding diaryl/α,β-unsaturated/α-hetero) is 1. The zero-order valence-corrected chi connectivity index (χ0v) is 12.1. The number of esters is 1. The Labute approximate surface area is 118 Å². The van der Waals surface area contributed by atoms with Gasteiger partial charge in [-0.05, 0) is 27.2 Å². The van der Waals surface area contributed by atoms with Crippen molar-refractivity contribution < 1.29 is 28.9 Å². The minimum atomic E-state index is -0.875. The Hall–Kier alpha value is -1.02. The summed E-state index contributed by atoms with van der Waals surface area (Å²) in [4.78, 5) is 22.8. The van der Waals surface area contributed by atoms with Crippen LogP contribution in [0, 0.1) is 0 Å². The number of hydrogen-bond donors (Lipinski definition) is 2. The van der Waals surface area contributed by atoms with E-state index in [2.05, 4.69) is 4.74 Å². The van der Waals surface area contributed by atoms with Crippen molar-refractivity contribution in [1.82, 2.24) is 0 Å². The molecule has 1 unspecified atom stereocenters. The van der Waals surface area contributed by atoms with E-state index in [9.17, 15) is 14.7 Å². The number of aliphatic hydroxyl groups excluding tert-OH is 1. The molecule has 1 aliphatic heterocycles. The molecule has 0 aliphatic carbocycles. The average molecular weight is 289 g/mol. The minimum absolute atomic E-state index is 0.0171. The van der Waals surface area contributed by atoms with Crippen molar-refractivity contribution in [3.8, 4) is 0 Å². The summed E-state index contributed by atoms with van der Waals surface area (Å²) in [5.41, 5.74) is 5.42. The van der Waals surface area contributed by atoms with Crippen LogP contribution in [-0.2, 0) is 23.8 Å². The van der Waals surface area contributed by atoms with Crippen LogP contribution in [0.2, 0.25) is 0 Å². The third-order valence-corrected chi connectivity index (χ3v) is 3.00. The molecule has 0 spiro atoms. The van der Waals surface area contributed by atoms with Crippen molar-refractivity contribution in [2.24, 2.45) is 5.73 Å². The Balaban J connectivity index is 2.56. The lowest BCUT2D eigenvalue weighted by molar-refractivity contribution is -0.156. The zero-order chi connectivity index (χ0) is 15.3. The van der Waals surface area contributed by atoms with Crippen LogP contribution < -0.4 is 5.73 Å². The van der Waals surface area contributed by atoms with Crippen molar-refractivity contribution in [3.63, 3.8) is 0 Å². The molecule has 1 rings (SSSR count). The van der Waals surface area contributed by atoms with Crippen LogP contribution in [0.3, 0.4) is 0 Å². The maximum atomic E-state index is 11.5. The van der Waals surface area contributed by atoms with E-state index in [1.54, 1.807) is 20.8 Å². The topological polar surface area (TPSA) is 108 Å². The molecule has 116 valence electrons. The van der Waals surface area contributed by atoms with Crippen molar-refractivity contribution >= 4 is 11.8 Å². The van der Waals surface area contributed by atoms with Gasteiger partial charge >= 0.3 is 5.97 Å². The third kappa shape index (κ3) is 4.52. The van der Waals surface area contributed by atoms with Crippen molar-refractivity contribution in [3.05, 3.63) is 0 Å². The summed E-state index contributed by atoms with van der Waals surface area (Å²) in [6, 6.07) is 0. The predicted molar refractivity (Wildman–Crippen MR) is 69.8 cm³/mol. The Morgan fingerprint density at radius 3 is 2.60 bits per heavy atom. The van der Waals surface area contributed by atoms with Crippen LogP contribution in [0.15, 0.2) is 0 Å². The van der Waals surface area contributed by atoms with Crippen LogP contribution in [0.1, 0.15) is 33.6 Å². The van der Waals surface area contributed by atoms with E-state index in [0.717, 1.165) is 0 Å². The molecule has 3 atom stereocenters. The van der Waals surface area contributed by atoms with Gasteiger partial charge < -0.3 is 25.1 Å². The Morgan fingerprint density at radius 2 is 2.05 bits per heavy atom. The summed E-state index contributed by atoms with van der Waals surface area (Å²) < 4.78 is 15.8. The smallest absolute Gasteiger partial charge is 0.374 e. The zero-order valence-electron chi connectivity index (χ0n) is 12.1. The summed E-state index contributed by atoms with van der Waals surface area (Å²) >= 11 is 0. The second kappa shape index (κ2) is 7.12. The van der Waals surface area contributed by atoms with Crippen LogP contribution >= 0.6 is 0 Å². The van der Waals surface area contributed by atoms with E-state index in [-0.39, 0.29) is 26.0 Å². The molecule has 0 radical (unpaired) electrons. The van der Waals surface area contributed by atoms with Gasteiger partial charge in [0.25, 0.3) is 0 Å². The first kappa shape index (κ1) is 17.0. The van der Waals surface area contributed by atoms with Gasteiger partial charge in [0, 0.05) is 13.0 Å². The lowest BCUT2D eigenvalue weighted by Gasteiger charge is -2.20. The van der Waals surface area contributed by atoms with Crippen LogP contribution in [-0.4, -0.2) is 54.1 Å². The Morgan fingerprint density at radius 1 is 1.40 bits per heavy atom. The second-order valence-electron chi connectivity index (χ2n) is 5.12. The summed E-state index contributed by atoms with van der Waals surface area (Å²) in [5.74, 6) is -2.30. The second-order valence-corrected chi connectivity index (χ2v) is 5.12. The first-order valence-corrected chi connectivity index (χ1v) is 6.74. The monoisotopic (exact) mass is 289 g/mol. The van der Waals surface area contributed by atoms with Crippen LogP contribution in [0.5, 0.6) is 0 Å². The van der Waals surface area contributed by atoms with E-state index < -0.39 is 35.9 Å². The van der Waals surface area contributed by atoms with Crippen molar-refractivity contribution in [1.29, 1.82) is 0 Å². The van der Waals surface area contributed by atoms with Crippen molar-refractivity contribution in [2.75, 3.05) is 13.2 Å². The first-order valence-electron chi connectivity index (χ1n) is 6.74. The van der Waals surface area contributed by atoms with Gasteiger partial charge in [-0.1, -0.05) is 0 Å². The van der Waals surface area contributed by atoms with Gasteiger partial charge in [-0.3, -0.25) is 4.79 Å². The Bertz CT molecular complexity index is 357. The molecule has 3 N–H and O–H groups in total. The van der Waals surface area contributed by atoms with Crippen molar-refractivity contribution in [2.45, 2.75) is 57.7 Å². The number of ketones is 1. The first-order chi connectivity index (χ1) is 9.30. The fourth-order valence-corrected chi connectivity index (χ4v) is 2.13. The molecule has 0 saturated carbocycles. The quantitative estimate of drug-likeness (QED) is 0.491. The van der Waals surface area contributed by atoms with E-state index in [0.29, 0.717) is 0 Å². The highest BCUT2D eigenvalue weighted by molar-refractivity contribution is 6.33. The predicted octanol–water partition coefficient (Wildman–Crippen LogP) is -0.261. The van der Waals surface area contributed by atoms with Crippen LogP contribution in [0.25, 0.3) is 0 Å². The number of aliphatic hydroxyl groups is 1. The van der Waals surface area contributed by atoms with E-state index in [4.69, 9.17) is 15.2 Å². The Kier molecular flexibility index (Phi) is 6.07. The normalized spacial score (nSPS) is 26.2. The summed E-state index contributed by atoms with van der Waals surface area (Å²) in [7, 11) is 0. The van der Waals surface area contributed by atoms with Gasteiger partial charge in [0.05, 0.1) is 18.8 Å². The number of ether oxygens (including phenoxy) is 3. The molecule has 1 heterocycles. The lowest BCUT2D eigenvalue weighted by atomic mass is 10.0. The number of carbonyl (C=O) groups excluding carboxylic acids is 2. The lowest BCUT2D eigenvalue weighted by Crippen LogP contribution is -2.40. The molecule has 1 aliphatic rings. The van der Waals surface area contributed by atoms with E-state index >= 15 is 0 Å². The average Bonchev–Trinajstić information content (AvgIpc) is 2.70. The maximum absolute atomic E-state index is 11.5. The maximum Gasteiger partial charge on any atom is 0.374 e. The van der Waals surface area contributed by atoms with Gasteiger partial charge in [0.15, 0.2) is 5.79 Å². The van der Waals surface area contributed by atoms with E-state index in [1.807, 2.05) is 0 Å². The molecule has 7 nitrogen and oxygen atoms in total. The van der Waals surface area contributed by atoms with Gasteiger partial charge in [-0.25, -0.2) is 4.79 Å². The molecule has 0 aromatic heterocycles.